The standard InChI is InChI=1S/C18H26ClN3O2/c1-4-17(23)20-15-6-5-9-22(11-15)13(3)18(24)21-16-10-14(19)8-7-12(16)2/h7-8,10,13,15H,4-6,9,11H2,1-3H3,(H,20,23)(H,21,24). The van der Waals surface area contributed by atoms with Crippen LogP contribution in [-0.2, 0) is 9.59 Å². The number of amides is 2. The zero-order chi connectivity index (χ0) is 17.7. The number of carbonyl (C=O) groups excluding carboxylic acids is 2. The Morgan fingerprint density at radius 3 is 2.88 bits per heavy atom. The first-order valence-electron chi connectivity index (χ1n) is 8.51. The van der Waals surface area contributed by atoms with E-state index < -0.39 is 0 Å². The number of carbonyl (C=O) groups is 2. The number of nitrogens with one attached hydrogen (secondary N) is 2. The molecule has 1 saturated heterocycles. The van der Waals surface area contributed by atoms with Gasteiger partial charge in [0.05, 0.1) is 6.04 Å². The molecule has 0 aliphatic carbocycles. The highest BCUT2D eigenvalue weighted by molar-refractivity contribution is 6.31. The molecule has 2 unspecified atom stereocenters. The number of rotatable bonds is 5. The van der Waals surface area contributed by atoms with Crippen molar-refractivity contribution in [1.82, 2.24) is 10.2 Å². The molecule has 1 fully saturated rings. The van der Waals surface area contributed by atoms with Gasteiger partial charge in [-0.25, -0.2) is 0 Å². The lowest BCUT2D eigenvalue weighted by Gasteiger charge is -2.36. The van der Waals surface area contributed by atoms with Gasteiger partial charge in [-0.05, 0) is 50.9 Å². The maximum Gasteiger partial charge on any atom is 0.241 e. The minimum Gasteiger partial charge on any atom is -0.352 e. The third kappa shape index (κ3) is 4.95. The van der Waals surface area contributed by atoms with Crippen molar-refractivity contribution in [3.63, 3.8) is 0 Å². The number of aryl methyl sites for hydroxylation is 1. The maximum atomic E-state index is 12.6. The molecule has 1 aromatic rings. The van der Waals surface area contributed by atoms with E-state index in [1.807, 2.05) is 32.9 Å². The van der Waals surface area contributed by atoms with Gasteiger partial charge in [-0.15, -0.1) is 0 Å². The fourth-order valence-corrected chi connectivity index (χ4v) is 3.11. The summed E-state index contributed by atoms with van der Waals surface area (Å²) >= 11 is 6.01. The van der Waals surface area contributed by atoms with Gasteiger partial charge in [0.1, 0.15) is 0 Å². The highest BCUT2D eigenvalue weighted by atomic mass is 35.5. The van der Waals surface area contributed by atoms with E-state index in [-0.39, 0.29) is 23.9 Å². The quantitative estimate of drug-likeness (QED) is 0.857. The summed E-state index contributed by atoms with van der Waals surface area (Å²) in [5.41, 5.74) is 1.72. The van der Waals surface area contributed by atoms with E-state index in [4.69, 9.17) is 11.6 Å². The Bertz CT molecular complexity index is 606. The lowest BCUT2D eigenvalue weighted by molar-refractivity contribution is -0.122. The molecule has 1 aromatic carbocycles. The molecule has 6 heteroatoms. The predicted octanol–water partition coefficient (Wildman–Crippen LogP) is 2.97. The van der Waals surface area contributed by atoms with Gasteiger partial charge in [-0.2, -0.15) is 0 Å². The second-order valence-electron chi connectivity index (χ2n) is 6.38. The zero-order valence-corrected chi connectivity index (χ0v) is 15.3. The summed E-state index contributed by atoms with van der Waals surface area (Å²) in [5.74, 6) is 0.0105. The van der Waals surface area contributed by atoms with Crippen LogP contribution in [0.5, 0.6) is 0 Å². The van der Waals surface area contributed by atoms with Crippen molar-refractivity contribution in [2.24, 2.45) is 0 Å². The molecule has 0 aromatic heterocycles. The van der Waals surface area contributed by atoms with Crippen molar-refractivity contribution in [3.8, 4) is 0 Å². The summed E-state index contributed by atoms with van der Waals surface area (Å²) in [4.78, 5) is 26.3. The second-order valence-corrected chi connectivity index (χ2v) is 6.82. The van der Waals surface area contributed by atoms with Gasteiger partial charge in [0, 0.05) is 29.7 Å². The summed E-state index contributed by atoms with van der Waals surface area (Å²) in [5, 5.41) is 6.59. The van der Waals surface area contributed by atoms with Gasteiger partial charge < -0.3 is 10.6 Å². The van der Waals surface area contributed by atoms with Crippen LogP contribution in [0.2, 0.25) is 5.02 Å². The zero-order valence-electron chi connectivity index (χ0n) is 14.6. The van der Waals surface area contributed by atoms with Gasteiger partial charge >= 0.3 is 0 Å². The highest BCUT2D eigenvalue weighted by Crippen LogP contribution is 2.21. The molecule has 1 aliphatic heterocycles. The first kappa shape index (κ1) is 18.7. The molecule has 1 heterocycles. The molecule has 5 nitrogen and oxygen atoms in total. The number of hydrogen-bond donors (Lipinski definition) is 2. The molecule has 24 heavy (non-hydrogen) atoms. The number of nitrogens with zero attached hydrogens (tertiary/aromatic N) is 1. The van der Waals surface area contributed by atoms with E-state index in [9.17, 15) is 9.59 Å². The Balaban J connectivity index is 1.96. The van der Waals surface area contributed by atoms with Gasteiger partial charge in [-0.3, -0.25) is 14.5 Å². The second kappa shape index (κ2) is 8.49. The third-order valence-electron chi connectivity index (χ3n) is 4.52. The molecule has 2 N–H and O–H groups in total. The topological polar surface area (TPSA) is 61.4 Å². The van der Waals surface area contributed by atoms with E-state index in [0.29, 0.717) is 18.0 Å². The fraction of sp³-hybridized carbons (Fsp3) is 0.556. The van der Waals surface area contributed by atoms with Crippen molar-refractivity contribution in [1.29, 1.82) is 0 Å². The van der Waals surface area contributed by atoms with E-state index in [1.54, 1.807) is 6.07 Å². The molecule has 2 rings (SSSR count). The van der Waals surface area contributed by atoms with E-state index >= 15 is 0 Å². The Labute approximate surface area is 148 Å². The number of benzene rings is 1. The Morgan fingerprint density at radius 2 is 2.17 bits per heavy atom. The maximum absolute atomic E-state index is 12.6. The van der Waals surface area contributed by atoms with Gasteiger partial charge in [0.2, 0.25) is 11.8 Å². The Kier molecular flexibility index (Phi) is 6.63. The van der Waals surface area contributed by atoms with Crippen molar-refractivity contribution in [2.45, 2.75) is 52.1 Å². The first-order chi connectivity index (χ1) is 11.4. The summed E-state index contributed by atoms with van der Waals surface area (Å²) in [7, 11) is 0. The minimum absolute atomic E-state index is 0.0529. The van der Waals surface area contributed by atoms with E-state index in [2.05, 4.69) is 15.5 Å². The summed E-state index contributed by atoms with van der Waals surface area (Å²) in [6, 6.07) is 5.32. The smallest absolute Gasteiger partial charge is 0.241 e. The van der Waals surface area contributed by atoms with Crippen LogP contribution in [0.25, 0.3) is 0 Å². The van der Waals surface area contributed by atoms with Crippen LogP contribution in [0, 0.1) is 6.92 Å². The van der Waals surface area contributed by atoms with Crippen LogP contribution < -0.4 is 10.6 Å². The molecule has 0 spiro atoms. The van der Waals surface area contributed by atoms with Crippen molar-refractivity contribution in [3.05, 3.63) is 28.8 Å². The molecule has 132 valence electrons. The van der Waals surface area contributed by atoms with Gasteiger partial charge in [0.15, 0.2) is 0 Å². The van der Waals surface area contributed by atoms with Crippen LogP contribution in [0.3, 0.4) is 0 Å². The Morgan fingerprint density at radius 1 is 1.42 bits per heavy atom. The number of anilines is 1. The monoisotopic (exact) mass is 351 g/mol. The minimum atomic E-state index is -0.260. The number of likely N-dealkylation sites (tertiary alicyclic amines) is 1. The largest absolute Gasteiger partial charge is 0.352 e. The van der Waals surface area contributed by atoms with Crippen molar-refractivity contribution < 1.29 is 9.59 Å². The van der Waals surface area contributed by atoms with Crippen molar-refractivity contribution in [2.75, 3.05) is 18.4 Å². The molecule has 2 amide bonds. The summed E-state index contributed by atoms with van der Waals surface area (Å²) in [6.07, 6.45) is 2.42. The average Bonchev–Trinajstić information content (AvgIpc) is 2.57. The molecule has 0 bridgehead atoms. The summed E-state index contributed by atoms with van der Waals surface area (Å²) < 4.78 is 0. The molecular weight excluding hydrogens is 326 g/mol. The lowest BCUT2D eigenvalue weighted by atomic mass is 10.0. The van der Waals surface area contributed by atoms with Crippen LogP contribution in [-0.4, -0.2) is 41.9 Å². The molecule has 0 radical (unpaired) electrons. The SMILES string of the molecule is CCC(=O)NC1CCCN(C(C)C(=O)Nc2cc(Cl)ccc2C)C1. The number of halogens is 1. The molecule has 2 atom stereocenters. The molecular formula is C18H26ClN3O2. The molecule has 1 aliphatic rings. The highest BCUT2D eigenvalue weighted by Gasteiger charge is 2.28. The lowest BCUT2D eigenvalue weighted by Crippen LogP contribution is -2.53. The molecule has 0 saturated carbocycles. The third-order valence-corrected chi connectivity index (χ3v) is 4.76. The van der Waals surface area contributed by atoms with Crippen LogP contribution in [0.1, 0.15) is 38.7 Å². The normalized spacial score (nSPS) is 19.6. The number of piperidine rings is 1. The van der Waals surface area contributed by atoms with Gasteiger partial charge in [0.25, 0.3) is 0 Å². The van der Waals surface area contributed by atoms with Crippen LogP contribution in [0.15, 0.2) is 18.2 Å². The van der Waals surface area contributed by atoms with E-state index in [1.165, 1.54) is 0 Å². The van der Waals surface area contributed by atoms with Crippen LogP contribution in [0.4, 0.5) is 5.69 Å². The Hall–Kier alpha value is -1.59. The summed E-state index contributed by atoms with van der Waals surface area (Å²) in [6.45, 7) is 7.25. The van der Waals surface area contributed by atoms with Gasteiger partial charge in [-0.1, -0.05) is 24.6 Å². The fourth-order valence-electron chi connectivity index (χ4n) is 2.94. The van der Waals surface area contributed by atoms with E-state index in [0.717, 1.165) is 30.6 Å². The number of hydrogen-bond acceptors (Lipinski definition) is 3. The van der Waals surface area contributed by atoms with Crippen molar-refractivity contribution >= 4 is 29.1 Å². The average molecular weight is 352 g/mol. The first-order valence-corrected chi connectivity index (χ1v) is 8.89. The van der Waals surface area contributed by atoms with Crippen LogP contribution >= 0.6 is 11.6 Å². The predicted molar refractivity (Wildman–Crippen MR) is 97.3 cm³/mol.